The summed E-state index contributed by atoms with van der Waals surface area (Å²) in [6.45, 7) is 0.300. The van der Waals surface area contributed by atoms with E-state index in [1.54, 1.807) is 0 Å². The highest BCUT2D eigenvalue weighted by atomic mass is 79.9. The molecule has 0 heterocycles. The summed E-state index contributed by atoms with van der Waals surface area (Å²) in [5, 5.41) is 2.95. The lowest BCUT2D eigenvalue weighted by Crippen LogP contribution is -2.11. The molecule has 0 aromatic heterocycles. The average Bonchev–Trinajstić information content (AvgIpc) is 2.16. The fraction of sp³-hybridized carbons (Fsp3) is 0.400. The van der Waals surface area contributed by atoms with Crippen LogP contribution in [0.4, 0.5) is 18.9 Å². The van der Waals surface area contributed by atoms with Crippen molar-refractivity contribution in [2.75, 3.05) is 11.9 Å². The predicted molar refractivity (Wildman–Crippen MR) is 65.6 cm³/mol. The maximum absolute atomic E-state index is 11.9. The first-order valence-corrected chi connectivity index (χ1v) is 6.23. The number of alkyl halides is 3. The van der Waals surface area contributed by atoms with Gasteiger partial charge >= 0.3 is 6.18 Å². The third-order valence-corrected chi connectivity index (χ3v) is 3.07. The molecule has 90 valence electrons. The van der Waals surface area contributed by atoms with E-state index in [4.69, 9.17) is 0 Å². The molecule has 0 saturated carbocycles. The second-order valence-electron chi connectivity index (χ2n) is 3.27. The van der Waals surface area contributed by atoms with Gasteiger partial charge in [-0.2, -0.15) is 13.2 Å². The van der Waals surface area contributed by atoms with Crippen LogP contribution in [-0.2, 0) is 0 Å². The van der Waals surface area contributed by atoms with Gasteiger partial charge in [0, 0.05) is 27.6 Å². The lowest BCUT2D eigenvalue weighted by Gasteiger charge is -2.10. The molecule has 6 heteroatoms. The van der Waals surface area contributed by atoms with Crippen LogP contribution < -0.4 is 5.32 Å². The Kier molecular flexibility index (Phi) is 5.11. The van der Waals surface area contributed by atoms with Crippen LogP contribution in [0, 0.1) is 0 Å². The van der Waals surface area contributed by atoms with Gasteiger partial charge in [0.2, 0.25) is 0 Å². The zero-order chi connectivity index (χ0) is 12.2. The van der Waals surface area contributed by atoms with Gasteiger partial charge in [-0.3, -0.25) is 0 Å². The fourth-order valence-electron chi connectivity index (χ4n) is 1.14. The topological polar surface area (TPSA) is 12.0 Å². The zero-order valence-electron chi connectivity index (χ0n) is 8.24. The maximum Gasteiger partial charge on any atom is 0.389 e. The number of rotatable bonds is 4. The van der Waals surface area contributed by atoms with Crippen LogP contribution in [0.2, 0.25) is 0 Å². The third-order valence-electron chi connectivity index (χ3n) is 1.88. The Morgan fingerprint density at radius 2 is 1.88 bits per heavy atom. The average molecular weight is 361 g/mol. The van der Waals surface area contributed by atoms with Crippen LogP contribution in [0.25, 0.3) is 0 Å². The number of hydrogen-bond acceptors (Lipinski definition) is 1. The molecule has 1 nitrogen and oxygen atoms in total. The van der Waals surface area contributed by atoms with E-state index in [-0.39, 0.29) is 6.42 Å². The summed E-state index contributed by atoms with van der Waals surface area (Å²) in [6.07, 6.45) is -4.76. The second kappa shape index (κ2) is 5.91. The largest absolute Gasteiger partial charge is 0.389 e. The van der Waals surface area contributed by atoms with E-state index in [1.165, 1.54) is 0 Å². The minimum atomic E-state index is -4.07. The predicted octanol–water partition coefficient (Wildman–Crippen LogP) is 4.97. The van der Waals surface area contributed by atoms with E-state index in [0.29, 0.717) is 6.54 Å². The van der Waals surface area contributed by atoms with Crippen molar-refractivity contribution in [1.82, 2.24) is 0 Å². The van der Waals surface area contributed by atoms with Gasteiger partial charge in [-0.15, -0.1) is 0 Å². The number of nitrogens with one attached hydrogen (secondary N) is 1. The Morgan fingerprint density at radius 1 is 1.19 bits per heavy atom. The summed E-state index contributed by atoms with van der Waals surface area (Å²) in [6, 6.07) is 5.50. The van der Waals surface area contributed by atoms with Gasteiger partial charge < -0.3 is 5.32 Å². The van der Waals surface area contributed by atoms with Crippen LogP contribution in [0.15, 0.2) is 27.1 Å². The lowest BCUT2D eigenvalue weighted by atomic mass is 10.3. The van der Waals surface area contributed by atoms with Gasteiger partial charge in [-0.25, -0.2) is 0 Å². The van der Waals surface area contributed by atoms with Gasteiger partial charge in [-0.05, 0) is 40.5 Å². The summed E-state index contributed by atoms with van der Waals surface area (Å²) in [7, 11) is 0. The summed E-state index contributed by atoms with van der Waals surface area (Å²) in [5.74, 6) is 0. The molecule has 1 aromatic rings. The summed E-state index contributed by atoms with van der Waals surface area (Å²) in [4.78, 5) is 0. The third kappa shape index (κ3) is 5.21. The number of halogens is 5. The van der Waals surface area contributed by atoms with Gasteiger partial charge in [-0.1, -0.05) is 15.9 Å². The molecule has 0 spiro atoms. The molecule has 0 aliphatic carbocycles. The molecule has 0 amide bonds. The second-order valence-corrected chi connectivity index (χ2v) is 5.04. The van der Waals surface area contributed by atoms with Gasteiger partial charge in [0.25, 0.3) is 0 Å². The minimum Gasteiger partial charge on any atom is -0.384 e. The molecule has 0 fully saturated rings. The Labute approximate surface area is 109 Å². The Bertz CT molecular complexity index is 352. The summed E-state index contributed by atoms with van der Waals surface area (Å²) >= 11 is 6.61. The van der Waals surface area contributed by atoms with E-state index in [1.807, 2.05) is 18.2 Å². The molecule has 0 unspecified atom stereocenters. The summed E-state index contributed by atoms with van der Waals surface area (Å²) < 4.78 is 37.4. The highest BCUT2D eigenvalue weighted by molar-refractivity contribution is 9.11. The van der Waals surface area contributed by atoms with Crippen molar-refractivity contribution in [1.29, 1.82) is 0 Å². The molecule has 0 aliphatic heterocycles. The van der Waals surface area contributed by atoms with Crippen molar-refractivity contribution in [3.05, 3.63) is 27.1 Å². The highest BCUT2D eigenvalue weighted by Crippen LogP contribution is 2.26. The molecule has 0 radical (unpaired) electrons. The first-order valence-electron chi connectivity index (χ1n) is 4.64. The van der Waals surface area contributed by atoms with E-state index in [9.17, 15) is 13.2 Å². The van der Waals surface area contributed by atoms with Crippen molar-refractivity contribution in [2.45, 2.75) is 19.0 Å². The molecule has 0 aliphatic rings. The number of benzene rings is 1. The first kappa shape index (κ1) is 13.8. The minimum absolute atomic E-state index is 0.0719. The Balaban J connectivity index is 2.40. The fourth-order valence-corrected chi connectivity index (χ4v) is 1.89. The van der Waals surface area contributed by atoms with Gasteiger partial charge in [0.05, 0.1) is 0 Å². The quantitative estimate of drug-likeness (QED) is 0.748. The van der Waals surface area contributed by atoms with Crippen molar-refractivity contribution < 1.29 is 13.2 Å². The number of anilines is 1. The molecule has 1 N–H and O–H groups in total. The van der Waals surface area contributed by atoms with Crippen molar-refractivity contribution >= 4 is 37.5 Å². The van der Waals surface area contributed by atoms with Gasteiger partial charge in [0.15, 0.2) is 0 Å². The van der Waals surface area contributed by atoms with Crippen LogP contribution >= 0.6 is 31.9 Å². The normalized spacial score (nSPS) is 11.6. The highest BCUT2D eigenvalue weighted by Gasteiger charge is 2.25. The zero-order valence-corrected chi connectivity index (χ0v) is 11.4. The molecular weight excluding hydrogens is 351 g/mol. The van der Waals surface area contributed by atoms with Crippen LogP contribution in [-0.4, -0.2) is 12.7 Å². The van der Waals surface area contributed by atoms with Crippen LogP contribution in [0.1, 0.15) is 12.8 Å². The number of hydrogen-bond donors (Lipinski definition) is 1. The molecular formula is C10H10Br2F3N. The maximum atomic E-state index is 11.9. The smallest absolute Gasteiger partial charge is 0.384 e. The molecule has 1 aromatic carbocycles. The van der Waals surface area contributed by atoms with Crippen molar-refractivity contribution in [2.24, 2.45) is 0 Å². The van der Waals surface area contributed by atoms with Gasteiger partial charge in [0.1, 0.15) is 0 Å². The van der Waals surface area contributed by atoms with E-state index >= 15 is 0 Å². The van der Waals surface area contributed by atoms with E-state index in [2.05, 4.69) is 37.2 Å². The van der Waals surface area contributed by atoms with E-state index in [0.717, 1.165) is 14.6 Å². The van der Waals surface area contributed by atoms with Crippen LogP contribution in [0.3, 0.4) is 0 Å². The standard InChI is InChI=1S/C10H10Br2F3N/c11-7-2-3-8(12)9(6-7)16-5-1-4-10(13,14)15/h2-3,6,16H,1,4-5H2. The van der Waals surface area contributed by atoms with Crippen molar-refractivity contribution in [3.8, 4) is 0 Å². The molecule has 0 saturated heterocycles. The van der Waals surface area contributed by atoms with Crippen LogP contribution in [0.5, 0.6) is 0 Å². The molecule has 0 atom stereocenters. The Hall–Kier alpha value is -0.230. The summed E-state index contributed by atoms with van der Waals surface area (Å²) in [5.41, 5.74) is 0.788. The van der Waals surface area contributed by atoms with E-state index < -0.39 is 12.6 Å². The monoisotopic (exact) mass is 359 g/mol. The molecule has 1 rings (SSSR count). The SMILES string of the molecule is FC(F)(F)CCCNc1cc(Br)ccc1Br. The molecule has 0 bridgehead atoms. The first-order chi connectivity index (χ1) is 7.38. The Morgan fingerprint density at radius 3 is 2.50 bits per heavy atom. The molecule has 16 heavy (non-hydrogen) atoms. The lowest BCUT2D eigenvalue weighted by molar-refractivity contribution is -0.134. The van der Waals surface area contributed by atoms with Crippen molar-refractivity contribution in [3.63, 3.8) is 0 Å².